The molecule has 2 unspecified atom stereocenters. The van der Waals surface area contributed by atoms with Crippen LogP contribution in [0.15, 0.2) is 29.3 Å². The number of aliphatic imine (C=N–C) groups is 1. The van der Waals surface area contributed by atoms with Gasteiger partial charge in [0.15, 0.2) is 0 Å². The third-order valence-corrected chi connectivity index (χ3v) is 3.60. The first-order chi connectivity index (χ1) is 7.83. The monoisotopic (exact) mass is 297 g/mol. The molecule has 1 aromatic rings. The molecule has 1 aliphatic carbocycles. The van der Waals surface area contributed by atoms with E-state index in [1.54, 1.807) is 0 Å². The molecule has 0 spiro atoms. The van der Waals surface area contributed by atoms with Crippen molar-refractivity contribution in [2.75, 3.05) is 13.2 Å². The molecule has 4 heteroatoms. The number of thiocarbonyl (C=S) groups is 1. The molecule has 2 rings (SSSR count). The fourth-order valence-corrected chi connectivity index (χ4v) is 2.85. The highest BCUT2D eigenvalue weighted by atomic mass is 79.9. The predicted octanol–water partition coefficient (Wildman–Crippen LogP) is 3.17. The van der Waals surface area contributed by atoms with Crippen molar-refractivity contribution < 1.29 is 4.74 Å². The Bertz CT molecular complexity index is 417. The maximum Gasteiger partial charge on any atom is 0.0956 e. The number of nitrogens with zero attached hydrogens (tertiary/aromatic N) is 1. The molecule has 0 amide bonds. The summed E-state index contributed by atoms with van der Waals surface area (Å²) in [6, 6.07) is 8.40. The molecule has 0 heterocycles. The average Bonchev–Trinajstić information content (AvgIpc) is 2.61. The molecule has 1 aromatic carbocycles. The third kappa shape index (κ3) is 2.58. The van der Waals surface area contributed by atoms with Crippen LogP contribution in [0.5, 0.6) is 0 Å². The predicted molar refractivity (Wildman–Crippen MR) is 71.4 cm³/mol. The van der Waals surface area contributed by atoms with Gasteiger partial charge < -0.3 is 4.74 Å². The normalized spacial score (nSPS) is 22.6. The lowest BCUT2D eigenvalue weighted by molar-refractivity contribution is 0.0651. The largest absolute Gasteiger partial charge is 0.370 e. The van der Waals surface area contributed by atoms with E-state index in [0.717, 1.165) is 6.42 Å². The molecular weight excluding hydrogens is 286 g/mol. The van der Waals surface area contributed by atoms with Crippen molar-refractivity contribution in [3.63, 3.8) is 0 Å². The zero-order chi connectivity index (χ0) is 11.4. The Morgan fingerprint density at radius 3 is 3.12 bits per heavy atom. The Labute approximate surface area is 109 Å². The molecule has 0 saturated carbocycles. The van der Waals surface area contributed by atoms with E-state index >= 15 is 0 Å². The van der Waals surface area contributed by atoms with Gasteiger partial charge in [-0.15, -0.1) is 0 Å². The standard InChI is InChI=1S/C12H12BrNOS/c13-11-7-9-3-1-2-4-10(9)12(11)15-6-5-14-8-16/h1-4,11-12H,5-7H2. The van der Waals surface area contributed by atoms with Gasteiger partial charge >= 0.3 is 0 Å². The molecular formula is C12H12BrNOS. The number of ether oxygens (including phenoxy) is 1. The minimum Gasteiger partial charge on any atom is -0.370 e. The van der Waals surface area contributed by atoms with E-state index in [-0.39, 0.29) is 6.10 Å². The Balaban J connectivity index is 2.01. The van der Waals surface area contributed by atoms with Crippen LogP contribution in [0.3, 0.4) is 0 Å². The van der Waals surface area contributed by atoms with Gasteiger partial charge in [-0.05, 0) is 29.8 Å². The van der Waals surface area contributed by atoms with Crippen LogP contribution in [-0.2, 0) is 11.2 Å². The first-order valence-electron chi connectivity index (χ1n) is 5.20. The molecule has 84 valence electrons. The van der Waals surface area contributed by atoms with E-state index in [9.17, 15) is 0 Å². The summed E-state index contributed by atoms with van der Waals surface area (Å²) in [7, 11) is 0. The molecule has 0 N–H and O–H groups in total. The first kappa shape index (κ1) is 11.9. The third-order valence-electron chi connectivity index (χ3n) is 2.67. The summed E-state index contributed by atoms with van der Waals surface area (Å²) in [5.74, 6) is 0. The quantitative estimate of drug-likeness (QED) is 0.368. The van der Waals surface area contributed by atoms with Gasteiger partial charge in [0.05, 0.1) is 24.4 Å². The van der Waals surface area contributed by atoms with Gasteiger partial charge in [0, 0.05) is 4.83 Å². The maximum absolute atomic E-state index is 5.82. The zero-order valence-corrected chi connectivity index (χ0v) is 11.1. The summed E-state index contributed by atoms with van der Waals surface area (Å²) >= 11 is 8.17. The molecule has 2 nitrogen and oxygen atoms in total. The van der Waals surface area contributed by atoms with Gasteiger partial charge in [0.1, 0.15) is 0 Å². The number of halogens is 1. The van der Waals surface area contributed by atoms with Crippen molar-refractivity contribution in [1.82, 2.24) is 0 Å². The Morgan fingerprint density at radius 2 is 2.31 bits per heavy atom. The van der Waals surface area contributed by atoms with Crippen molar-refractivity contribution >= 4 is 33.3 Å². The fourth-order valence-electron chi connectivity index (χ4n) is 1.97. The van der Waals surface area contributed by atoms with Crippen molar-refractivity contribution in [1.29, 1.82) is 0 Å². The number of isothiocyanates is 1. The molecule has 2 atom stereocenters. The van der Waals surface area contributed by atoms with Crippen molar-refractivity contribution in [2.24, 2.45) is 4.99 Å². The molecule has 1 aliphatic rings. The van der Waals surface area contributed by atoms with Crippen molar-refractivity contribution in [3.8, 4) is 0 Å². The minimum absolute atomic E-state index is 0.136. The van der Waals surface area contributed by atoms with Gasteiger partial charge in [-0.3, -0.25) is 0 Å². The summed E-state index contributed by atoms with van der Waals surface area (Å²) in [6.45, 7) is 1.17. The summed E-state index contributed by atoms with van der Waals surface area (Å²) < 4.78 is 5.82. The lowest BCUT2D eigenvalue weighted by atomic mass is 10.1. The topological polar surface area (TPSA) is 21.6 Å². The van der Waals surface area contributed by atoms with E-state index in [2.05, 4.69) is 62.6 Å². The van der Waals surface area contributed by atoms with E-state index in [1.165, 1.54) is 11.1 Å². The van der Waals surface area contributed by atoms with Gasteiger partial charge in [-0.25, -0.2) is 4.99 Å². The van der Waals surface area contributed by atoms with Crippen LogP contribution in [0.4, 0.5) is 0 Å². The average molecular weight is 298 g/mol. The fraction of sp³-hybridized carbons (Fsp3) is 0.417. The van der Waals surface area contributed by atoms with Crippen LogP contribution in [-0.4, -0.2) is 23.1 Å². The van der Waals surface area contributed by atoms with E-state index in [4.69, 9.17) is 4.74 Å². The second-order valence-corrected chi connectivity index (χ2v) is 5.04. The number of rotatable bonds is 4. The first-order valence-corrected chi connectivity index (χ1v) is 6.52. The molecule has 0 bridgehead atoms. The Morgan fingerprint density at radius 1 is 1.50 bits per heavy atom. The van der Waals surface area contributed by atoms with Gasteiger partial charge in [-0.1, -0.05) is 40.2 Å². The van der Waals surface area contributed by atoms with E-state index in [1.807, 2.05) is 0 Å². The molecule has 0 fully saturated rings. The highest BCUT2D eigenvalue weighted by Gasteiger charge is 2.30. The zero-order valence-electron chi connectivity index (χ0n) is 8.73. The Kier molecular flexibility index (Phi) is 4.24. The molecule has 0 aliphatic heterocycles. The van der Waals surface area contributed by atoms with Crippen LogP contribution in [0, 0.1) is 0 Å². The summed E-state index contributed by atoms with van der Waals surface area (Å²) in [5, 5.41) is 2.34. The van der Waals surface area contributed by atoms with Gasteiger partial charge in [0.2, 0.25) is 0 Å². The SMILES string of the molecule is S=C=NCCOC1c2ccccc2CC1Br. The van der Waals surface area contributed by atoms with Crippen LogP contribution in [0.25, 0.3) is 0 Å². The second-order valence-electron chi connectivity index (χ2n) is 3.68. The number of alkyl halides is 1. The maximum atomic E-state index is 5.82. The lowest BCUT2D eigenvalue weighted by Gasteiger charge is -2.15. The van der Waals surface area contributed by atoms with Crippen LogP contribution in [0.1, 0.15) is 17.2 Å². The summed E-state index contributed by atoms with van der Waals surface area (Å²) in [4.78, 5) is 4.20. The number of benzene rings is 1. The summed E-state index contributed by atoms with van der Waals surface area (Å²) in [6.07, 6.45) is 1.16. The van der Waals surface area contributed by atoms with E-state index in [0.29, 0.717) is 18.0 Å². The van der Waals surface area contributed by atoms with E-state index < -0.39 is 0 Å². The lowest BCUT2D eigenvalue weighted by Crippen LogP contribution is -2.12. The highest BCUT2D eigenvalue weighted by Crippen LogP contribution is 2.38. The number of hydrogen-bond acceptors (Lipinski definition) is 3. The molecule has 0 saturated heterocycles. The molecule has 16 heavy (non-hydrogen) atoms. The van der Waals surface area contributed by atoms with Crippen LogP contribution >= 0.6 is 28.1 Å². The number of hydrogen-bond donors (Lipinski definition) is 0. The van der Waals surface area contributed by atoms with Crippen molar-refractivity contribution in [2.45, 2.75) is 17.4 Å². The van der Waals surface area contributed by atoms with Crippen molar-refractivity contribution in [3.05, 3.63) is 35.4 Å². The second kappa shape index (κ2) is 5.69. The van der Waals surface area contributed by atoms with Gasteiger partial charge in [-0.2, -0.15) is 0 Å². The van der Waals surface area contributed by atoms with Gasteiger partial charge in [0.25, 0.3) is 0 Å². The smallest absolute Gasteiger partial charge is 0.0956 e. The highest BCUT2D eigenvalue weighted by molar-refractivity contribution is 9.09. The summed E-state index contributed by atoms with van der Waals surface area (Å²) in [5.41, 5.74) is 2.66. The molecule has 0 radical (unpaired) electrons. The van der Waals surface area contributed by atoms with Crippen LogP contribution < -0.4 is 0 Å². The minimum atomic E-state index is 0.136. The van der Waals surface area contributed by atoms with Crippen LogP contribution in [0.2, 0.25) is 0 Å². The Hall–Kier alpha value is -0.540. The number of fused-ring (bicyclic) bond motifs is 1. The molecule has 0 aromatic heterocycles.